The molecule has 1 rings (SSSR count). The third-order valence-corrected chi connectivity index (χ3v) is 3.67. The fourth-order valence-corrected chi connectivity index (χ4v) is 2.28. The Bertz CT molecular complexity index is 506. The van der Waals surface area contributed by atoms with E-state index in [2.05, 4.69) is 5.32 Å². The molecule has 0 spiro atoms. The predicted octanol–water partition coefficient (Wildman–Crippen LogP) is 2.91. The van der Waals surface area contributed by atoms with Crippen LogP contribution in [0.2, 0.25) is 10.0 Å². The minimum Gasteiger partial charge on any atom is -0.347 e. The van der Waals surface area contributed by atoms with Crippen LogP contribution in [0.25, 0.3) is 0 Å². The molecule has 6 heteroatoms. The van der Waals surface area contributed by atoms with Gasteiger partial charge in [-0.3, -0.25) is 9.59 Å². The van der Waals surface area contributed by atoms with Crippen LogP contribution < -0.4 is 5.32 Å². The highest BCUT2D eigenvalue weighted by molar-refractivity contribution is 6.35. The van der Waals surface area contributed by atoms with E-state index in [1.165, 1.54) is 4.90 Å². The van der Waals surface area contributed by atoms with Crippen LogP contribution in [-0.4, -0.2) is 36.9 Å². The first kappa shape index (κ1) is 17.8. The maximum atomic E-state index is 11.8. The molecule has 1 N–H and O–H groups in total. The molecule has 0 heterocycles. The van der Waals surface area contributed by atoms with Crippen molar-refractivity contribution < 1.29 is 9.59 Å². The number of unbranched alkanes of at least 4 members (excludes halogenated alkanes) is 1. The molecule has 0 aromatic heterocycles. The number of likely N-dealkylation sites (N-methyl/N-ethyl adjacent to an activating group) is 1. The monoisotopic (exact) mass is 330 g/mol. The Morgan fingerprint density at radius 3 is 2.62 bits per heavy atom. The van der Waals surface area contributed by atoms with Crippen molar-refractivity contribution in [1.29, 1.82) is 0 Å². The standard InChI is InChI=1S/C15H20Cl2N2O2/c1-3-4-9-19(2)15(21)14(20)18-8-7-11-5-6-12(16)10-13(11)17/h5-6,10H,3-4,7-9H2,1-2H3,(H,18,20). The number of rotatable bonds is 6. The fraction of sp³-hybridized carbons (Fsp3) is 0.467. The van der Waals surface area contributed by atoms with Crippen molar-refractivity contribution in [2.75, 3.05) is 20.1 Å². The van der Waals surface area contributed by atoms with Gasteiger partial charge in [0.2, 0.25) is 0 Å². The van der Waals surface area contributed by atoms with Crippen molar-refractivity contribution in [3.8, 4) is 0 Å². The minimum absolute atomic E-state index is 0.355. The number of carbonyl (C=O) groups is 2. The van der Waals surface area contributed by atoms with E-state index < -0.39 is 11.8 Å². The SMILES string of the molecule is CCCCN(C)C(=O)C(=O)NCCc1ccc(Cl)cc1Cl. The van der Waals surface area contributed by atoms with E-state index in [4.69, 9.17) is 23.2 Å². The lowest BCUT2D eigenvalue weighted by molar-refractivity contribution is -0.145. The van der Waals surface area contributed by atoms with E-state index in [1.807, 2.05) is 13.0 Å². The number of benzene rings is 1. The summed E-state index contributed by atoms with van der Waals surface area (Å²) in [6.07, 6.45) is 2.41. The molecule has 116 valence electrons. The number of carbonyl (C=O) groups excluding carboxylic acids is 2. The molecule has 1 aromatic carbocycles. The third kappa shape index (κ3) is 5.94. The van der Waals surface area contributed by atoms with E-state index in [-0.39, 0.29) is 0 Å². The summed E-state index contributed by atoms with van der Waals surface area (Å²) in [7, 11) is 1.63. The molecular weight excluding hydrogens is 311 g/mol. The molecule has 0 aliphatic rings. The van der Waals surface area contributed by atoms with Crippen LogP contribution in [-0.2, 0) is 16.0 Å². The highest BCUT2D eigenvalue weighted by Crippen LogP contribution is 2.20. The van der Waals surface area contributed by atoms with Crippen molar-refractivity contribution in [1.82, 2.24) is 10.2 Å². The summed E-state index contributed by atoms with van der Waals surface area (Å²) in [5.41, 5.74) is 0.883. The maximum absolute atomic E-state index is 11.8. The average molecular weight is 331 g/mol. The zero-order chi connectivity index (χ0) is 15.8. The van der Waals surface area contributed by atoms with Crippen molar-refractivity contribution in [3.05, 3.63) is 33.8 Å². The van der Waals surface area contributed by atoms with Crippen molar-refractivity contribution >= 4 is 35.0 Å². The Labute approximate surface area is 135 Å². The smallest absolute Gasteiger partial charge is 0.311 e. The third-order valence-electron chi connectivity index (χ3n) is 3.08. The molecule has 2 amide bonds. The molecule has 21 heavy (non-hydrogen) atoms. The van der Waals surface area contributed by atoms with Gasteiger partial charge in [0.1, 0.15) is 0 Å². The highest BCUT2D eigenvalue weighted by atomic mass is 35.5. The molecule has 4 nitrogen and oxygen atoms in total. The van der Waals surface area contributed by atoms with Crippen LogP contribution in [0.1, 0.15) is 25.3 Å². The van der Waals surface area contributed by atoms with Crippen LogP contribution in [0.5, 0.6) is 0 Å². The molecule has 0 bridgehead atoms. The normalized spacial score (nSPS) is 10.3. The summed E-state index contributed by atoms with van der Waals surface area (Å²) in [5, 5.41) is 3.74. The first-order valence-electron chi connectivity index (χ1n) is 6.93. The van der Waals surface area contributed by atoms with E-state index in [1.54, 1.807) is 19.2 Å². The molecule has 0 saturated heterocycles. The summed E-state index contributed by atoms with van der Waals surface area (Å²) in [6, 6.07) is 5.21. The number of hydrogen-bond acceptors (Lipinski definition) is 2. The molecule has 0 fully saturated rings. The van der Waals surface area contributed by atoms with E-state index in [9.17, 15) is 9.59 Å². The van der Waals surface area contributed by atoms with Gasteiger partial charge in [0.25, 0.3) is 0 Å². The van der Waals surface area contributed by atoms with Gasteiger partial charge in [-0.2, -0.15) is 0 Å². The second kappa shape index (κ2) is 8.90. The van der Waals surface area contributed by atoms with Crippen LogP contribution >= 0.6 is 23.2 Å². The summed E-state index contributed by atoms with van der Waals surface area (Å²) in [4.78, 5) is 24.9. The number of halogens is 2. The maximum Gasteiger partial charge on any atom is 0.311 e. The van der Waals surface area contributed by atoms with Crippen molar-refractivity contribution in [2.24, 2.45) is 0 Å². The minimum atomic E-state index is -0.585. The largest absolute Gasteiger partial charge is 0.347 e. The Morgan fingerprint density at radius 2 is 2.00 bits per heavy atom. The molecule has 1 aromatic rings. The Kier molecular flexibility index (Phi) is 7.54. The topological polar surface area (TPSA) is 49.4 Å². The van der Waals surface area contributed by atoms with Gasteiger partial charge < -0.3 is 10.2 Å². The van der Waals surface area contributed by atoms with Gasteiger partial charge in [-0.05, 0) is 30.5 Å². The first-order chi connectivity index (χ1) is 9.95. The highest BCUT2D eigenvalue weighted by Gasteiger charge is 2.17. The predicted molar refractivity (Wildman–Crippen MR) is 85.7 cm³/mol. The Balaban J connectivity index is 2.41. The number of nitrogens with one attached hydrogen (secondary N) is 1. The number of hydrogen-bond donors (Lipinski definition) is 1. The molecule has 0 aliphatic carbocycles. The lowest BCUT2D eigenvalue weighted by atomic mass is 10.1. The van der Waals surface area contributed by atoms with Gasteiger partial charge >= 0.3 is 11.8 Å². The van der Waals surface area contributed by atoms with Crippen molar-refractivity contribution in [2.45, 2.75) is 26.2 Å². The average Bonchev–Trinajstić information content (AvgIpc) is 2.46. The van der Waals surface area contributed by atoms with E-state index in [0.29, 0.717) is 29.6 Å². The molecule has 0 radical (unpaired) electrons. The van der Waals surface area contributed by atoms with E-state index >= 15 is 0 Å². The summed E-state index contributed by atoms with van der Waals surface area (Å²) >= 11 is 11.9. The van der Waals surface area contributed by atoms with Gasteiger partial charge in [0.05, 0.1) is 0 Å². The molecule has 0 atom stereocenters. The number of nitrogens with zero attached hydrogens (tertiary/aromatic N) is 1. The van der Waals surface area contributed by atoms with E-state index in [0.717, 1.165) is 18.4 Å². The zero-order valence-corrected chi connectivity index (χ0v) is 13.8. The molecular formula is C15H20Cl2N2O2. The van der Waals surface area contributed by atoms with Crippen molar-refractivity contribution in [3.63, 3.8) is 0 Å². The van der Waals surface area contributed by atoms with Gasteiger partial charge in [-0.15, -0.1) is 0 Å². The van der Waals surface area contributed by atoms with Gasteiger partial charge in [-0.25, -0.2) is 0 Å². The second-order valence-electron chi connectivity index (χ2n) is 4.82. The second-order valence-corrected chi connectivity index (χ2v) is 5.67. The Hall–Kier alpha value is -1.26. The summed E-state index contributed by atoms with van der Waals surface area (Å²) in [5.74, 6) is -1.09. The fourth-order valence-electron chi connectivity index (χ4n) is 1.78. The van der Waals surface area contributed by atoms with Crippen LogP contribution in [0, 0.1) is 0 Å². The molecule has 0 saturated carbocycles. The molecule has 0 unspecified atom stereocenters. The summed E-state index contributed by atoms with van der Waals surface area (Å²) < 4.78 is 0. The zero-order valence-electron chi connectivity index (χ0n) is 12.3. The lowest BCUT2D eigenvalue weighted by Crippen LogP contribution is -2.42. The van der Waals surface area contributed by atoms with Gasteiger partial charge in [-0.1, -0.05) is 42.6 Å². The van der Waals surface area contributed by atoms with Crippen LogP contribution in [0.3, 0.4) is 0 Å². The first-order valence-corrected chi connectivity index (χ1v) is 7.68. The van der Waals surface area contributed by atoms with Gasteiger partial charge in [0, 0.05) is 30.2 Å². The van der Waals surface area contributed by atoms with Crippen LogP contribution in [0.4, 0.5) is 0 Å². The van der Waals surface area contributed by atoms with Crippen LogP contribution in [0.15, 0.2) is 18.2 Å². The lowest BCUT2D eigenvalue weighted by Gasteiger charge is -2.16. The quantitative estimate of drug-likeness (QED) is 0.815. The van der Waals surface area contributed by atoms with Gasteiger partial charge in [0.15, 0.2) is 0 Å². The molecule has 0 aliphatic heterocycles. The summed E-state index contributed by atoms with van der Waals surface area (Å²) in [6.45, 7) is 2.98. The Morgan fingerprint density at radius 1 is 1.29 bits per heavy atom. The number of amides is 2.